The molecule has 1 aromatic heterocycles. The quantitative estimate of drug-likeness (QED) is 0.418. The zero-order valence-corrected chi connectivity index (χ0v) is 15.8. The summed E-state index contributed by atoms with van der Waals surface area (Å²) in [4.78, 5) is 4.17. The lowest BCUT2D eigenvalue weighted by Crippen LogP contribution is -2.39. The molecule has 0 saturated carbocycles. The molecule has 8 nitrogen and oxygen atoms in total. The Kier molecular flexibility index (Phi) is 5.33. The minimum atomic E-state index is -3.25. The number of hydrogen-bond donors (Lipinski definition) is 2. The number of nitrogens with zero attached hydrogens (tertiary/aromatic N) is 3. The molecule has 1 saturated heterocycles. The summed E-state index contributed by atoms with van der Waals surface area (Å²) >= 11 is 3.07. The topological polar surface area (TPSA) is 123 Å². The van der Waals surface area contributed by atoms with Gasteiger partial charge in [-0.3, -0.25) is 0 Å². The van der Waals surface area contributed by atoms with Gasteiger partial charge in [0.25, 0.3) is 0 Å². The first-order valence-corrected chi connectivity index (χ1v) is 10.1. The van der Waals surface area contributed by atoms with E-state index < -0.39 is 20.8 Å². The second kappa shape index (κ2) is 7.35. The van der Waals surface area contributed by atoms with Gasteiger partial charge in [0.15, 0.2) is 11.5 Å². The standard InChI is InChI=1S/C14H14BBrFN5O3S/c15-11-6-8(3-4-26(11,23)24)20-14-12(21-25-22-14)13(18)19-7-1-2-10(17)9(16)5-7/h1-2,5,8,11H,3-4,6H2,(H2,18,19)(H,20,22). The largest absolute Gasteiger partial charge is 0.382 e. The highest BCUT2D eigenvalue weighted by Crippen LogP contribution is 2.24. The third kappa shape index (κ3) is 4.06. The molecule has 0 aliphatic carbocycles. The van der Waals surface area contributed by atoms with Crippen molar-refractivity contribution in [1.82, 2.24) is 10.3 Å². The normalized spacial score (nSPS) is 22.9. The Morgan fingerprint density at radius 2 is 2.23 bits per heavy atom. The van der Waals surface area contributed by atoms with Crippen LogP contribution < -0.4 is 11.1 Å². The molecule has 136 valence electrons. The van der Waals surface area contributed by atoms with Crippen molar-refractivity contribution in [2.75, 3.05) is 11.1 Å². The maximum absolute atomic E-state index is 13.3. The molecule has 0 bridgehead atoms. The van der Waals surface area contributed by atoms with Gasteiger partial charge in [-0.25, -0.2) is 22.4 Å². The number of aromatic nitrogens is 2. The van der Waals surface area contributed by atoms with E-state index in [9.17, 15) is 12.8 Å². The molecule has 1 aliphatic rings. The summed E-state index contributed by atoms with van der Waals surface area (Å²) in [7, 11) is 2.43. The van der Waals surface area contributed by atoms with Crippen molar-refractivity contribution in [3.63, 3.8) is 0 Å². The smallest absolute Gasteiger partial charge is 0.202 e. The number of nitrogens with two attached hydrogens (primary N) is 1. The summed E-state index contributed by atoms with van der Waals surface area (Å²) in [6.07, 6.45) is 0.612. The highest BCUT2D eigenvalue weighted by atomic mass is 79.9. The van der Waals surface area contributed by atoms with Crippen LogP contribution in [0.25, 0.3) is 0 Å². The first kappa shape index (κ1) is 18.8. The third-order valence-corrected chi connectivity index (χ3v) is 6.48. The van der Waals surface area contributed by atoms with E-state index in [0.29, 0.717) is 12.1 Å². The molecule has 2 atom stereocenters. The van der Waals surface area contributed by atoms with Crippen LogP contribution in [0.2, 0.25) is 0 Å². The van der Waals surface area contributed by atoms with Crippen molar-refractivity contribution in [1.29, 1.82) is 0 Å². The van der Waals surface area contributed by atoms with Crippen LogP contribution in [-0.2, 0) is 9.84 Å². The second-order valence-electron chi connectivity index (χ2n) is 5.83. The fourth-order valence-electron chi connectivity index (χ4n) is 2.53. The van der Waals surface area contributed by atoms with E-state index in [1.807, 2.05) is 0 Å². The van der Waals surface area contributed by atoms with Crippen LogP contribution in [0, 0.1) is 5.82 Å². The van der Waals surface area contributed by atoms with E-state index >= 15 is 0 Å². The van der Waals surface area contributed by atoms with E-state index in [0.717, 1.165) is 0 Å². The van der Waals surface area contributed by atoms with Gasteiger partial charge in [-0.2, -0.15) is 0 Å². The van der Waals surface area contributed by atoms with Crippen molar-refractivity contribution in [3.8, 4) is 0 Å². The molecule has 0 amide bonds. The van der Waals surface area contributed by atoms with Gasteiger partial charge < -0.3 is 11.1 Å². The highest BCUT2D eigenvalue weighted by Gasteiger charge is 2.31. The summed E-state index contributed by atoms with van der Waals surface area (Å²) < 4.78 is 41.6. The van der Waals surface area contributed by atoms with Crippen LogP contribution in [0.3, 0.4) is 0 Å². The monoisotopic (exact) mass is 441 g/mol. The van der Waals surface area contributed by atoms with Crippen LogP contribution >= 0.6 is 15.9 Å². The summed E-state index contributed by atoms with van der Waals surface area (Å²) in [5.41, 5.74) is 6.54. The van der Waals surface area contributed by atoms with Gasteiger partial charge in [-0.15, -0.1) is 0 Å². The molecule has 1 aromatic carbocycles. The molecule has 3 rings (SSSR count). The van der Waals surface area contributed by atoms with Crippen molar-refractivity contribution < 1.29 is 17.4 Å². The summed E-state index contributed by atoms with van der Waals surface area (Å²) in [5.74, 6) is -0.180. The van der Waals surface area contributed by atoms with Crippen LogP contribution in [0.5, 0.6) is 0 Å². The number of hydrogen-bond acceptors (Lipinski definition) is 7. The van der Waals surface area contributed by atoms with Gasteiger partial charge in [0.05, 0.1) is 23.8 Å². The Bertz CT molecular complexity index is 952. The van der Waals surface area contributed by atoms with Crippen LogP contribution in [0.4, 0.5) is 15.9 Å². The van der Waals surface area contributed by atoms with Gasteiger partial charge in [0, 0.05) is 11.2 Å². The van der Waals surface area contributed by atoms with Gasteiger partial charge in [0.1, 0.15) is 15.7 Å². The molecule has 1 aliphatic heterocycles. The first-order valence-electron chi connectivity index (χ1n) is 7.62. The molecule has 1 fully saturated rings. The molecule has 2 aromatic rings. The number of nitrogens with one attached hydrogen (secondary N) is 1. The number of amidine groups is 1. The number of rotatable bonds is 4. The Labute approximate surface area is 158 Å². The van der Waals surface area contributed by atoms with Crippen LogP contribution in [0.1, 0.15) is 18.5 Å². The first-order chi connectivity index (χ1) is 12.3. The molecule has 26 heavy (non-hydrogen) atoms. The number of benzene rings is 1. The minimum absolute atomic E-state index is 0.0139. The number of sulfone groups is 1. The van der Waals surface area contributed by atoms with Gasteiger partial charge in [-0.1, -0.05) is 0 Å². The SMILES string of the molecule is [B]C1CC(Nc2nonc2C(N)=Nc2ccc(F)c(Br)c2)CCS1(=O)=O. The van der Waals surface area contributed by atoms with Gasteiger partial charge in [-0.05, 0) is 57.3 Å². The third-order valence-electron chi connectivity index (χ3n) is 3.95. The van der Waals surface area contributed by atoms with E-state index in [1.54, 1.807) is 0 Å². The van der Waals surface area contributed by atoms with Crippen LogP contribution in [-0.4, -0.2) is 49.4 Å². The Hall–Kier alpha value is -1.95. The Balaban J connectivity index is 1.77. The predicted octanol–water partition coefficient (Wildman–Crippen LogP) is 1.49. The molecule has 12 heteroatoms. The zero-order valence-electron chi connectivity index (χ0n) is 13.4. The lowest BCUT2D eigenvalue weighted by atomic mass is 9.95. The Morgan fingerprint density at radius 3 is 2.92 bits per heavy atom. The van der Waals surface area contributed by atoms with Crippen molar-refractivity contribution in [2.24, 2.45) is 10.7 Å². The second-order valence-corrected chi connectivity index (χ2v) is 9.02. The van der Waals surface area contributed by atoms with Crippen molar-refractivity contribution in [2.45, 2.75) is 24.0 Å². The van der Waals surface area contributed by atoms with E-state index in [1.165, 1.54) is 18.2 Å². The van der Waals surface area contributed by atoms with E-state index in [2.05, 4.69) is 36.6 Å². The maximum Gasteiger partial charge on any atom is 0.202 e. The van der Waals surface area contributed by atoms with E-state index in [4.69, 9.17) is 18.2 Å². The zero-order chi connectivity index (χ0) is 18.9. The molecule has 0 spiro atoms. The number of halogens is 2. The average Bonchev–Trinajstić information content (AvgIpc) is 3.03. The molecule has 2 radical (unpaired) electrons. The molecule has 2 heterocycles. The lowest BCUT2D eigenvalue weighted by Gasteiger charge is -2.27. The number of anilines is 1. The average molecular weight is 442 g/mol. The highest BCUT2D eigenvalue weighted by molar-refractivity contribution is 9.10. The fourth-order valence-corrected chi connectivity index (χ4v) is 4.33. The summed E-state index contributed by atoms with van der Waals surface area (Å²) in [5, 5.41) is 9.59. The minimum Gasteiger partial charge on any atom is -0.382 e. The lowest BCUT2D eigenvalue weighted by molar-refractivity contribution is 0.307. The van der Waals surface area contributed by atoms with Crippen LogP contribution in [0.15, 0.2) is 32.3 Å². The molecule has 3 N–H and O–H groups in total. The summed E-state index contributed by atoms with van der Waals surface area (Å²) in [6, 6.07) is 3.96. The number of aliphatic imine (C=N–C) groups is 1. The molecular formula is C14H14BBrFN5O3S. The maximum atomic E-state index is 13.3. The predicted molar refractivity (Wildman–Crippen MR) is 98.8 cm³/mol. The molecule has 2 unspecified atom stereocenters. The fraction of sp³-hybridized carbons (Fsp3) is 0.357. The molecular weight excluding hydrogens is 428 g/mol. The van der Waals surface area contributed by atoms with Gasteiger partial charge in [0.2, 0.25) is 5.82 Å². The van der Waals surface area contributed by atoms with E-state index in [-0.39, 0.29) is 40.0 Å². The van der Waals surface area contributed by atoms with Crippen molar-refractivity contribution >= 4 is 51.0 Å². The summed E-state index contributed by atoms with van der Waals surface area (Å²) in [6.45, 7) is 0. The Morgan fingerprint density at radius 1 is 1.46 bits per heavy atom. The van der Waals surface area contributed by atoms with Gasteiger partial charge >= 0.3 is 0 Å². The van der Waals surface area contributed by atoms with Crippen molar-refractivity contribution in [3.05, 3.63) is 34.2 Å².